The van der Waals surface area contributed by atoms with E-state index in [1.807, 2.05) is 37.4 Å². The van der Waals surface area contributed by atoms with Crippen LogP contribution in [0.5, 0.6) is 0 Å². The fourth-order valence-electron chi connectivity index (χ4n) is 3.30. The van der Waals surface area contributed by atoms with E-state index >= 15 is 0 Å². The maximum absolute atomic E-state index is 12.1. The van der Waals surface area contributed by atoms with Gasteiger partial charge in [-0.2, -0.15) is 11.3 Å². The normalized spacial score (nSPS) is 13.5. The molecule has 0 radical (unpaired) electrons. The van der Waals surface area contributed by atoms with Gasteiger partial charge in [-0.15, -0.1) is 0 Å². The number of hydrogen-bond donors (Lipinski definition) is 3. The predicted molar refractivity (Wildman–Crippen MR) is 119 cm³/mol. The maximum Gasteiger partial charge on any atom is 0.253 e. The Hall–Kier alpha value is -2.71. The number of rotatable bonds is 10. The molecule has 1 unspecified atom stereocenters. The molecule has 7 nitrogen and oxygen atoms in total. The number of nitrogens with one attached hydrogen (secondary N) is 3. The molecule has 0 fully saturated rings. The lowest BCUT2D eigenvalue weighted by atomic mass is 10.1. The molecule has 2 atom stereocenters. The molecule has 29 heavy (non-hydrogen) atoms. The van der Waals surface area contributed by atoms with E-state index in [2.05, 4.69) is 27.1 Å². The molecule has 8 heteroatoms. The summed E-state index contributed by atoms with van der Waals surface area (Å²) in [6.07, 6.45) is 3.06. The van der Waals surface area contributed by atoms with E-state index in [1.54, 1.807) is 23.6 Å². The van der Waals surface area contributed by atoms with Crippen LogP contribution in [0.2, 0.25) is 0 Å². The van der Waals surface area contributed by atoms with Gasteiger partial charge in [-0.05, 0) is 67.9 Å². The summed E-state index contributed by atoms with van der Waals surface area (Å²) < 4.78 is 0. The van der Waals surface area contributed by atoms with Gasteiger partial charge >= 0.3 is 0 Å². The van der Waals surface area contributed by atoms with E-state index in [-0.39, 0.29) is 17.6 Å². The highest BCUT2D eigenvalue weighted by Crippen LogP contribution is 2.18. The van der Waals surface area contributed by atoms with Crippen LogP contribution in [0.1, 0.15) is 18.1 Å². The van der Waals surface area contributed by atoms with E-state index in [1.165, 1.54) is 5.56 Å². The number of aromatic nitrogens is 1. The Balaban J connectivity index is 1.64. The molecule has 0 bridgehead atoms. The van der Waals surface area contributed by atoms with E-state index in [9.17, 15) is 14.4 Å². The van der Waals surface area contributed by atoms with Crippen molar-refractivity contribution < 1.29 is 0 Å². The van der Waals surface area contributed by atoms with Gasteiger partial charge in [-0.1, -0.05) is 0 Å². The fraction of sp³-hybridized carbons (Fsp3) is 0.381. The molecule has 0 saturated carbocycles. The number of hydrogen-bond acceptors (Lipinski definition) is 7. The molecule has 0 aliphatic heterocycles. The van der Waals surface area contributed by atoms with E-state index < -0.39 is 10.9 Å². The molecule has 154 valence electrons. The average molecular weight is 415 g/mol. The van der Waals surface area contributed by atoms with Crippen LogP contribution in [0.4, 0.5) is 11.4 Å². The number of aromatic amines is 1. The maximum atomic E-state index is 12.1. The highest BCUT2D eigenvalue weighted by molar-refractivity contribution is 7.07. The lowest BCUT2D eigenvalue weighted by Gasteiger charge is -2.26. The number of pyridine rings is 1. The van der Waals surface area contributed by atoms with Crippen molar-refractivity contribution in [1.82, 2.24) is 9.88 Å². The van der Waals surface area contributed by atoms with Gasteiger partial charge in [0.05, 0.1) is 0 Å². The molecule has 0 spiro atoms. The minimum absolute atomic E-state index is 0.0362. The molecule has 0 amide bonds. The van der Waals surface area contributed by atoms with Gasteiger partial charge in [0.2, 0.25) is 5.56 Å². The minimum Gasteiger partial charge on any atom is -0.378 e. The Bertz CT molecular complexity index is 1060. The van der Waals surface area contributed by atoms with Gasteiger partial charge in [-0.25, -0.2) is 0 Å². The van der Waals surface area contributed by atoms with Gasteiger partial charge in [-0.3, -0.25) is 14.4 Å². The third-order valence-corrected chi connectivity index (χ3v) is 5.71. The molecule has 0 saturated heterocycles. The van der Waals surface area contributed by atoms with Crippen molar-refractivity contribution in [2.75, 3.05) is 31.3 Å². The number of anilines is 2. The zero-order valence-electron chi connectivity index (χ0n) is 16.8. The molecule has 3 rings (SSSR count). The second-order valence-corrected chi connectivity index (χ2v) is 8.33. The summed E-state index contributed by atoms with van der Waals surface area (Å²) in [5.41, 5.74) is 1.75. The summed E-state index contributed by atoms with van der Waals surface area (Å²) in [6, 6.07) is 5.59. The lowest BCUT2D eigenvalue weighted by Crippen LogP contribution is -2.43. The zero-order valence-corrected chi connectivity index (χ0v) is 17.6. The van der Waals surface area contributed by atoms with Crippen LogP contribution in [0.25, 0.3) is 0 Å². The van der Waals surface area contributed by atoms with Gasteiger partial charge < -0.3 is 20.5 Å². The molecule has 3 aromatic rings. The van der Waals surface area contributed by atoms with E-state index in [0.29, 0.717) is 24.3 Å². The summed E-state index contributed by atoms with van der Waals surface area (Å²) in [6.45, 7) is 2.48. The molecular formula is C21H26N4O3S. The Kier molecular flexibility index (Phi) is 6.66. The Labute approximate surface area is 173 Å². The van der Waals surface area contributed by atoms with Crippen molar-refractivity contribution in [3.05, 3.63) is 77.1 Å². The van der Waals surface area contributed by atoms with Crippen LogP contribution in [0.3, 0.4) is 0 Å². The molecule has 3 N–H and O–H groups in total. The van der Waals surface area contributed by atoms with Gasteiger partial charge in [0.15, 0.2) is 0 Å². The van der Waals surface area contributed by atoms with Crippen molar-refractivity contribution in [3.63, 3.8) is 0 Å². The van der Waals surface area contributed by atoms with Crippen molar-refractivity contribution in [2.24, 2.45) is 0 Å². The topological polar surface area (TPSA) is 94.3 Å². The average Bonchev–Trinajstić information content (AvgIpc) is 3.18. The Morgan fingerprint density at radius 3 is 2.48 bits per heavy atom. The van der Waals surface area contributed by atoms with E-state index in [4.69, 9.17) is 0 Å². The monoisotopic (exact) mass is 414 g/mol. The first-order chi connectivity index (χ1) is 13.8. The van der Waals surface area contributed by atoms with Crippen LogP contribution in [-0.4, -0.2) is 42.6 Å². The van der Waals surface area contributed by atoms with Gasteiger partial charge in [0.25, 0.3) is 10.9 Å². The van der Waals surface area contributed by atoms with Gasteiger partial charge in [0, 0.05) is 30.9 Å². The molecule has 2 aromatic heterocycles. The standard InChI is InChI=1S/C21H26N4O3S/c1-13(8-15-5-7-29-12-15)24-19-18(20(27)21(19)28)23-11-16(25(2)3)9-14-4-6-22-17(26)10-14/h4-7,10,12-13,16,23-24H,8-9,11H2,1-3H3,(H,22,26)/t13-,16?/m0/s1. The summed E-state index contributed by atoms with van der Waals surface area (Å²) in [7, 11) is 3.90. The molecule has 0 aliphatic carbocycles. The summed E-state index contributed by atoms with van der Waals surface area (Å²) in [4.78, 5) is 40.3. The lowest BCUT2D eigenvalue weighted by molar-refractivity contribution is 0.303. The van der Waals surface area contributed by atoms with Gasteiger partial charge in [0.1, 0.15) is 11.4 Å². The Morgan fingerprint density at radius 1 is 1.07 bits per heavy atom. The van der Waals surface area contributed by atoms with Crippen molar-refractivity contribution in [1.29, 1.82) is 0 Å². The largest absolute Gasteiger partial charge is 0.378 e. The highest BCUT2D eigenvalue weighted by atomic mass is 32.1. The van der Waals surface area contributed by atoms with Crippen molar-refractivity contribution >= 4 is 22.7 Å². The predicted octanol–water partition coefficient (Wildman–Crippen LogP) is 1.66. The molecular weight excluding hydrogens is 388 g/mol. The first kappa shape index (κ1) is 21.0. The minimum atomic E-state index is -0.483. The van der Waals surface area contributed by atoms with Crippen LogP contribution in [0.15, 0.2) is 49.5 Å². The number of likely N-dealkylation sites (N-methyl/N-ethyl adjacent to an activating group) is 1. The van der Waals surface area contributed by atoms with Crippen molar-refractivity contribution in [2.45, 2.75) is 31.8 Å². The Morgan fingerprint density at radius 2 is 1.83 bits per heavy atom. The molecule has 2 heterocycles. The molecule has 1 aromatic carbocycles. The number of H-pyrrole nitrogens is 1. The third kappa shape index (κ3) is 5.21. The van der Waals surface area contributed by atoms with Crippen LogP contribution >= 0.6 is 11.3 Å². The fourth-order valence-corrected chi connectivity index (χ4v) is 3.98. The molecule has 0 aliphatic rings. The van der Waals surface area contributed by atoms with Crippen LogP contribution in [-0.2, 0) is 12.8 Å². The third-order valence-electron chi connectivity index (χ3n) is 4.98. The first-order valence-electron chi connectivity index (χ1n) is 9.54. The van der Waals surface area contributed by atoms with Crippen molar-refractivity contribution in [3.8, 4) is 0 Å². The number of nitrogens with zero attached hydrogens (tertiary/aromatic N) is 1. The first-order valence-corrected chi connectivity index (χ1v) is 10.5. The smallest absolute Gasteiger partial charge is 0.253 e. The number of thiophene rings is 1. The summed E-state index contributed by atoms with van der Waals surface area (Å²) in [5, 5.41) is 10.4. The second kappa shape index (κ2) is 9.19. The quantitative estimate of drug-likeness (QED) is 0.437. The van der Waals surface area contributed by atoms with Crippen LogP contribution < -0.4 is 27.1 Å². The SMILES string of the molecule is C[C@@H](Cc1ccsc1)Nc1c(NCC(Cc2cc[nH]c(=O)c2)N(C)C)c(=O)c1=O. The second-order valence-electron chi connectivity index (χ2n) is 7.55. The van der Waals surface area contributed by atoms with Crippen LogP contribution in [0, 0.1) is 0 Å². The highest BCUT2D eigenvalue weighted by Gasteiger charge is 2.23. The van der Waals surface area contributed by atoms with E-state index in [0.717, 1.165) is 12.0 Å². The summed E-state index contributed by atoms with van der Waals surface area (Å²) in [5.74, 6) is 0. The summed E-state index contributed by atoms with van der Waals surface area (Å²) >= 11 is 1.64. The zero-order chi connectivity index (χ0) is 21.0.